The van der Waals surface area contributed by atoms with E-state index in [-0.39, 0.29) is 12.2 Å². The summed E-state index contributed by atoms with van der Waals surface area (Å²) >= 11 is 0. The van der Waals surface area contributed by atoms with Gasteiger partial charge in [-0.1, -0.05) is 20.8 Å². The van der Waals surface area contributed by atoms with Crippen LogP contribution >= 0.6 is 0 Å². The zero-order valence-electron chi connectivity index (χ0n) is 9.03. The summed E-state index contributed by atoms with van der Waals surface area (Å²) in [5, 5.41) is 18.8. The van der Waals surface area contributed by atoms with Crippen molar-refractivity contribution in [2.75, 3.05) is 19.6 Å². The number of aliphatic hydroxyl groups excluding tert-OH is 2. The summed E-state index contributed by atoms with van der Waals surface area (Å²) in [7, 11) is 0. The van der Waals surface area contributed by atoms with Gasteiger partial charge in [-0.2, -0.15) is 0 Å². The maximum atomic E-state index is 9.42. The minimum Gasteiger partial charge on any atom is -0.392 e. The van der Waals surface area contributed by atoms with Crippen LogP contribution in [0.15, 0.2) is 0 Å². The molecule has 0 spiro atoms. The standard InChI is InChI=1S/C10H23NO2/c1-4-9(12)7-11(6-3)8-10(13)5-2/h9-10,12-13H,4-8H2,1-3H3. The van der Waals surface area contributed by atoms with E-state index in [0.717, 1.165) is 19.4 Å². The SMILES string of the molecule is CCC(O)CN(CC)CC(O)CC. The van der Waals surface area contributed by atoms with Crippen molar-refractivity contribution in [2.45, 2.75) is 45.8 Å². The van der Waals surface area contributed by atoms with Gasteiger partial charge in [0.2, 0.25) is 0 Å². The summed E-state index contributed by atoms with van der Waals surface area (Å²) in [5.41, 5.74) is 0. The largest absolute Gasteiger partial charge is 0.392 e. The van der Waals surface area contributed by atoms with Gasteiger partial charge in [0, 0.05) is 13.1 Å². The third-order valence-electron chi connectivity index (χ3n) is 2.33. The average Bonchev–Trinajstić information content (AvgIpc) is 2.16. The van der Waals surface area contributed by atoms with Gasteiger partial charge in [-0.25, -0.2) is 0 Å². The van der Waals surface area contributed by atoms with Crippen LogP contribution in [0.1, 0.15) is 33.6 Å². The van der Waals surface area contributed by atoms with Crippen LogP contribution in [-0.2, 0) is 0 Å². The fraction of sp³-hybridized carbons (Fsp3) is 1.00. The summed E-state index contributed by atoms with van der Waals surface area (Å²) < 4.78 is 0. The summed E-state index contributed by atoms with van der Waals surface area (Å²) in [6.45, 7) is 8.20. The third kappa shape index (κ3) is 6.02. The number of likely N-dealkylation sites (N-methyl/N-ethyl adjacent to an activating group) is 1. The van der Waals surface area contributed by atoms with Crippen molar-refractivity contribution in [1.82, 2.24) is 4.90 Å². The average molecular weight is 189 g/mol. The number of hydrogen-bond acceptors (Lipinski definition) is 3. The molecule has 0 saturated heterocycles. The lowest BCUT2D eigenvalue weighted by Gasteiger charge is -2.25. The lowest BCUT2D eigenvalue weighted by molar-refractivity contribution is 0.0693. The second-order valence-electron chi connectivity index (χ2n) is 3.48. The molecule has 0 aliphatic heterocycles. The van der Waals surface area contributed by atoms with E-state index in [2.05, 4.69) is 4.90 Å². The van der Waals surface area contributed by atoms with E-state index in [4.69, 9.17) is 0 Å². The first-order chi connectivity index (χ1) is 6.13. The Kier molecular flexibility index (Phi) is 7.23. The zero-order chi connectivity index (χ0) is 10.3. The third-order valence-corrected chi connectivity index (χ3v) is 2.33. The fourth-order valence-electron chi connectivity index (χ4n) is 1.19. The smallest absolute Gasteiger partial charge is 0.0664 e. The molecular weight excluding hydrogens is 166 g/mol. The molecule has 0 aromatic carbocycles. The summed E-state index contributed by atoms with van der Waals surface area (Å²) in [5.74, 6) is 0. The Morgan fingerprint density at radius 3 is 1.54 bits per heavy atom. The molecule has 0 aliphatic rings. The van der Waals surface area contributed by atoms with E-state index in [1.807, 2.05) is 20.8 Å². The molecule has 3 nitrogen and oxygen atoms in total. The molecule has 0 heterocycles. The van der Waals surface area contributed by atoms with Gasteiger partial charge in [0.15, 0.2) is 0 Å². The normalized spacial score (nSPS) is 16.2. The molecule has 2 atom stereocenters. The highest BCUT2D eigenvalue weighted by Gasteiger charge is 2.11. The van der Waals surface area contributed by atoms with Gasteiger partial charge in [0.05, 0.1) is 12.2 Å². The van der Waals surface area contributed by atoms with E-state index >= 15 is 0 Å². The van der Waals surface area contributed by atoms with Gasteiger partial charge in [0.25, 0.3) is 0 Å². The van der Waals surface area contributed by atoms with Gasteiger partial charge in [-0.15, -0.1) is 0 Å². The molecule has 0 saturated carbocycles. The molecule has 0 aliphatic carbocycles. The zero-order valence-corrected chi connectivity index (χ0v) is 9.03. The van der Waals surface area contributed by atoms with Crippen molar-refractivity contribution in [1.29, 1.82) is 0 Å². The number of hydrogen-bond donors (Lipinski definition) is 2. The quantitative estimate of drug-likeness (QED) is 0.624. The first-order valence-electron chi connectivity index (χ1n) is 5.22. The van der Waals surface area contributed by atoms with Crippen molar-refractivity contribution in [2.24, 2.45) is 0 Å². The highest BCUT2D eigenvalue weighted by atomic mass is 16.3. The molecule has 0 aromatic rings. The second kappa shape index (κ2) is 7.30. The number of nitrogens with zero attached hydrogens (tertiary/aromatic N) is 1. The van der Waals surface area contributed by atoms with Gasteiger partial charge in [0.1, 0.15) is 0 Å². The van der Waals surface area contributed by atoms with E-state index < -0.39 is 0 Å². The van der Waals surface area contributed by atoms with Crippen LogP contribution < -0.4 is 0 Å². The molecule has 0 radical (unpaired) electrons. The van der Waals surface area contributed by atoms with E-state index in [1.165, 1.54) is 0 Å². The minimum absolute atomic E-state index is 0.260. The van der Waals surface area contributed by atoms with Gasteiger partial charge in [-0.05, 0) is 19.4 Å². The van der Waals surface area contributed by atoms with Crippen molar-refractivity contribution < 1.29 is 10.2 Å². The van der Waals surface area contributed by atoms with Crippen molar-refractivity contribution >= 4 is 0 Å². The van der Waals surface area contributed by atoms with E-state index in [1.54, 1.807) is 0 Å². The predicted molar refractivity (Wildman–Crippen MR) is 54.7 cm³/mol. The first-order valence-corrected chi connectivity index (χ1v) is 5.22. The monoisotopic (exact) mass is 189 g/mol. The van der Waals surface area contributed by atoms with E-state index in [9.17, 15) is 10.2 Å². The maximum Gasteiger partial charge on any atom is 0.0664 e. The minimum atomic E-state index is -0.260. The van der Waals surface area contributed by atoms with E-state index in [0.29, 0.717) is 13.1 Å². The topological polar surface area (TPSA) is 43.7 Å². The van der Waals surface area contributed by atoms with Crippen molar-refractivity contribution in [3.05, 3.63) is 0 Å². The van der Waals surface area contributed by atoms with Crippen LogP contribution in [0.5, 0.6) is 0 Å². The molecule has 3 heteroatoms. The Labute approximate surface area is 81.4 Å². The molecule has 0 aromatic heterocycles. The van der Waals surface area contributed by atoms with Gasteiger partial charge >= 0.3 is 0 Å². The predicted octanol–water partition coefficient (Wildman–Crippen LogP) is 0.850. The Balaban J connectivity index is 3.74. The molecule has 80 valence electrons. The Hall–Kier alpha value is -0.120. The van der Waals surface area contributed by atoms with Gasteiger partial charge < -0.3 is 10.2 Å². The van der Waals surface area contributed by atoms with Crippen LogP contribution in [0.3, 0.4) is 0 Å². The fourth-order valence-corrected chi connectivity index (χ4v) is 1.19. The lowest BCUT2D eigenvalue weighted by Crippen LogP contribution is -2.37. The van der Waals surface area contributed by atoms with Gasteiger partial charge in [-0.3, -0.25) is 4.90 Å². The van der Waals surface area contributed by atoms with Crippen LogP contribution in [0.25, 0.3) is 0 Å². The molecular formula is C10H23NO2. The highest BCUT2D eigenvalue weighted by Crippen LogP contribution is 2.00. The molecule has 0 bridgehead atoms. The second-order valence-corrected chi connectivity index (χ2v) is 3.48. The Morgan fingerprint density at radius 1 is 0.923 bits per heavy atom. The van der Waals surface area contributed by atoms with Crippen LogP contribution in [0.2, 0.25) is 0 Å². The number of aliphatic hydroxyl groups is 2. The molecule has 0 rings (SSSR count). The molecule has 2 N–H and O–H groups in total. The Morgan fingerprint density at radius 2 is 1.31 bits per heavy atom. The van der Waals surface area contributed by atoms with Crippen LogP contribution in [0.4, 0.5) is 0 Å². The summed E-state index contributed by atoms with van der Waals surface area (Å²) in [4.78, 5) is 2.09. The molecule has 2 unspecified atom stereocenters. The molecule has 0 amide bonds. The lowest BCUT2D eigenvalue weighted by atomic mass is 10.2. The first kappa shape index (κ1) is 12.9. The summed E-state index contributed by atoms with van der Waals surface area (Å²) in [6.07, 6.45) is 1.03. The Bertz CT molecular complexity index is 107. The molecule has 0 fully saturated rings. The van der Waals surface area contributed by atoms with Crippen molar-refractivity contribution in [3.63, 3.8) is 0 Å². The highest BCUT2D eigenvalue weighted by molar-refractivity contribution is 4.65. The van der Waals surface area contributed by atoms with Crippen LogP contribution in [-0.4, -0.2) is 47.0 Å². The maximum absolute atomic E-state index is 9.42. The van der Waals surface area contributed by atoms with Crippen molar-refractivity contribution in [3.8, 4) is 0 Å². The molecule has 13 heavy (non-hydrogen) atoms. The van der Waals surface area contributed by atoms with Crippen LogP contribution in [0, 0.1) is 0 Å². The summed E-state index contributed by atoms with van der Waals surface area (Å²) in [6, 6.07) is 0. The number of rotatable bonds is 7.